The molecular weight excluding hydrogens is 265 g/mol. The van der Waals surface area contributed by atoms with Gasteiger partial charge in [0.2, 0.25) is 0 Å². The molecule has 0 spiro atoms. The van der Waals surface area contributed by atoms with Gasteiger partial charge in [0.05, 0.1) is 11.1 Å². The lowest BCUT2D eigenvalue weighted by Crippen LogP contribution is -2.40. The molecule has 106 valence electrons. The van der Waals surface area contributed by atoms with Crippen LogP contribution in [0.3, 0.4) is 0 Å². The molecule has 0 heterocycles. The quantitative estimate of drug-likeness (QED) is 0.828. The second-order valence-electron chi connectivity index (χ2n) is 5.37. The van der Waals surface area contributed by atoms with Gasteiger partial charge in [0.1, 0.15) is 5.82 Å². The zero-order chi connectivity index (χ0) is 13.8. The number of aliphatic hydroxyl groups excluding tert-OH is 1. The van der Waals surface area contributed by atoms with E-state index >= 15 is 0 Å². The highest BCUT2D eigenvalue weighted by Gasteiger charge is 2.23. The highest BCUT2D eigenvalue weighted by molar-refractivity contribution is 6.30. The number of benzene rings is 1. The van der Waals surface area contributed by atoms with Crippen molar-refractivity contribution in [2.45, 2.75) is 57.2 Å². The summed E-state index contributed by atoms with van der Waals surface area (Å²) >= 11 is 5.69. The van der Waals surface area contributed by atoms with Gasteiger partial charge in [-0.1, -0.05) is 36.9 Å². The summed E-state index contributed by atoms with van der Waals surface area (Å²) < 4.78 is 13.5. The van der Waals surface area contributed by atoms with Crippen molar-refractivity contribution in [3.05, 3.63) is 34.6 Å². The first-order valence-corrected chi connectivity index (χ1v) is 7.35. The topological polar surface area (TPSA) is 32.3 Å². The maximum atomic E-state index is 13.5. The molecule has 0 saturated heterocycles. The summed E-state index contributed by atoms with van der Waals surface area (Å²) in [5.41, 5.74) is 0.860. The van der Waals surface area contributed by atoms with E-state index in [2.05, 4.69) is 5.32 Å². The third-order valence-electron chi connectivity index (χ3n) is 3.89. The first-order chi connectivity index (χ1) is 9.08. The van der Waals surface area contributed by atoms with Crippen LogP contribution in [0.2, 0.25) is 5.02 Å². The van der Waals surface area contributed by atoms with Gasteiger partial charge >= 0.3 is 0 Å². The second kappa shape index (κ2) is 6.69. The molecule has 0 aromatic heterocycles. The summed E-state index contributed by atoms with van der Waals surface area (Å²) in [5, 5.41) is 13.6. The van der Waals surface area contributed by atoms with Gasteiger partial charge in [0, 0.05) is 12.1 Å². The van der Waals surface area contributed by atoms with Gasteiger partial charge in [-0.3, -0.25) is 0 Å². The Morgan fingerprint density at radius 2 is 2.05 bits per heavy atom. The smallest absolute Gasteiger partial charge is 0.142 e. The van der Waals surface area contributed by atoms with E-state index < -0.39 is 5.82 Å². The van der Waals surface area contributed by atoms with Crippen molar-refractivity contribution in [2.75, 3.05) is 0 Å². The van der Waals surface area contributed by atoms with E-state index in [4.69, 9.17) is 11.6 Å². The van der Waals surface area contributed by atoms with Gasteiger partial charge in [-0.2, -0.15) is 0 Å². The van der Waals surface area contributed by atoms with E-state index in [0.717, 1.165) is 31.2 Å². The zero-order valence-electron chi connectivity index (χ0n) is 11.2. The third-order valence-corrected chi connectivity index (χ3v) is 4.19. The first kappa shape index (κ1) is 14.8. The fraction of sp³-hybridized carbons (Fsp3) is 0.600. The van der Waals surface area contributed by atoms with Crippen LogP contribution in [0.5, 0.6) is 0 Å². The van der Waals surface area contributed by atoms with Crippen LogP contribution in [-0.4, -0.2) is 17.3 Å². The number of hydrogen-bond acceptors (Lipinski definition) is 2. The zero-order valence-corrected chi connectivity index (χ0v) is 12.0. The molecule has 1 saturated carbocycles. The van der Waals surface area contributed by atoms with Gasteiger partial charge in [0.25, 0.3) is 0 Å². The Kier molecular flexibility index (Phi) is 5.20. The normalized spacial score (nSPS) is 25.9. The molecule has 3 unspecified atom stereocenters. The molecule has 1 aliphatic rings. The van der Waals surface area contributed by atoms with Crippen LogP contribution in [0.1, 0.15) is 50.6 Å². The summed E-state index contributed by atoms with van der Waals surface area (Å²) in [6.07, 6.45) is 4.92. The van der Waals surface area contributed by atoms with E-state index in [-0.39, 0.29) is 23.2 Å². The van der Waals surface area contributed by atoms with Gasteiger partial charge in [-0.25, -0.2) is 4.39 Å². The van der Waals surface area contributed by atoms with Crippen molar-refractivity contribution in [3.8, 4) is 0 Å². The molecule has 1 aliphatic carbocycles. The van der Waals surface area contributed by atoms with E-state index in [0.29, 0.717) is 0 Å². The van der Waals surface area contributed by atoms with E-state index in [1.165, 1.54) is 12.5 Å². The van der Waals surface area contributed by atoms with Crippen LogP contribution in [0.4, 0.5) is 4.39 Å². The minimum absolute atomic E-state index is 0.00418. The van der Waals surface area contributed by atoms with Crippen LogP contribution in [0.15, 0.2) is 18.2 Å². The molecule has 0 radical (unpaired) electrons. The summed E-state index contributed by atoms with van der Waals surface area (Å²) in [6.45, 7) is 1.99. The summed E-state index contributed by atoms with van der Waals surface area (Å²) in [4.78, 5) is 0. The molecule has 2 N–H and O–H groups in total. The highest BCUT2D eigenvalue weighted by Crippen LogP contribution is 2.23. The molecule has 4 heteroatoms. The molecule has 2 nitrogen and oxygen atoms in total. The van der Waals surface area contributed by atoms with Crippen LogP contribution in [-0.2, 0) is 0 Å². The van der Waals surface area contributed by atoms with Crippen molar-refractivity contribution in [1.29, 1.82) is 0 Å². The number of aliphatic hydroxyl groups is 1. The minimum Gasteiger partial charge on any atom is -0.392 e. The molecule has 19 heavy (non-hydrogen) atoms. The average molecular weight is 286 g/mol. The number of halogens is 2. The van der Waals surface area contributed by atoms with Crippen LogP contribution < -0.4 is 5.32 Å². The van der Waals surface area contributed by atoms with E-state index in [9.17, 15) is 9.50 Å². The largest absolute Gasteiger partial charge is 0.392 e. The number of rotatable bonds is 3. The average Bonchev–Trinajstić information content (AvgIpc) is 2.58. The fourth-order valence-electron chi connectivity index (χ4n) is 2.68. The van der Waals surface area contributed by atoms with Crippen molar-refractivity contribution >= 4 is 11.6 Å². The maximum Gasteiger partial charge on any atom is 0.142 e. The molecule has 0 amide bonds. The third kappa shape index (κ3) is 3.91. The van der Waals surface area contributed by atoms with Crippen LogP contribution >= 0.6 is 11.6 Å². The summed E-state index contributed by atoms with van der Waals surface area (Å²) in [5.74, 6) is -0.394. The molecule has 2 rings (SSSR count). The van der Waals surface area contributed by atoms with E-state index in [1.807, 2.05) is 13.0 Å². The monoisotopic (exact) mass is 285 g/mol. The van der Waals surface area contributed by atoms with E-state index in [1.54, 1.807) is 6.07 Å². The Hall–Kier alpha value is -0.640. The Labute approximate surface area is 119 Å². The van der Waals surface area contributed by atoms with Crippen molar-refractivity contribution in [3.63, 3.8) is 0 Å². The highest BCUT2D eigenvalue weighted by atomic mass is 35.5. The molecule has 1 aromatic rings. The predicted octanol–water partition coefficient (Wildman–Crippen LogP) is 3.82. The van der Waals surface area contributed by atoms with Crippen molar-refractivity contribution in [2.24, 2.45) is 0 Å². The molecular formula is C15H21ClFNO. The molecule has 3 atom stereocenters. The SMILES string of the molecule is CC(NC1CCCCCC1O)c1ccc(Cl)c(F)c1. The van der Waals surface area contributed by atoms with Gasteiger partial charge in [-0.15, -0.1) is 0 Å². The Morgan fingerprint density at radius 1 is 1.32 bits per heavy atom. The lowest BCUT2D eigenvalue weighted by Gasteiger charge is -2.26. The summed E-state index contributed by atoms with van der Waals surface area (Å²) in [6, 6.07) is 4.96. The Bertz CT molecular complexity index is 427. The van der Waals surface area contributed by atoms with Crippen LogP contribution in [0, 0.1) is 5.82 Å². The van der Waals surface area contributed by atoms with Crippen molar-refractivity contribution in [1.82, 2.24) is 5.32 Å². The lowest BCUT2D eigenvalue weighted by molar-refractivity contribution is 0.115. The minimum atomic E-state index is -0.394. The van der Waals surface area contributed by atoms with Gasteiger partial charge in [0.15, 0.2) is 0 Å². The predicted molar refractivity (Wildman–Crippen MR) is 75.8 cm³/mol. The molecule has 1 aromatic carbocycles. The second-order valence-corrected chi connectivity index (χ2v) is 5.78. The molecule has 0 bridgehead atoms. The molecule has 1 fully saturated rings. The number of hydrogen-bond donors (Lipinski definition) is 2. The lowest BCUT2D eigenvalue weighted by atomic mass is 10.0. The Morgan fingerprint density at radius 3 is 2.79 bits per heavy atom. The maximum absolute atomic E-state index is 13.5. The van der Waals surface area contributed by atoms with Gasteiger partial charge in [-0.05, 0) is 37.5 Å². The van der Waals surface area contributed by atoms with Gasteiger partial charge < -0.3 is 10.4 Å². The van der Waals surface area contributed by atoms with Crippen molar-refractivity contribution < 1.29 is 9.50 Å². The Balaban J connectivity index is 2.02. The molecule has 0 aliphatic heterocycles. The summed E-state index contributed by atoms with van der Waals surface area (Å²) in [7, 11) is 0. The standard InChI is InChI=1S/C15H21ClFNO/c1-10(11-7-8-12(16)13(17)9-11)18-14-5-3-2-4-6-15(14)19/h7-10,14-15,18-19H,2-6H2,1H3. The fourth-order valence-corrected chi connectivity index (χ4v) is 2.80. The number of nitrogens with one attached hydrogen (secondary N) is 1. The first-order valence-electron chi connectivity index (χ1n) is 6.97. The van der Waals surface area contributed by atoms with Crippen LogP contribution in [0.25, 0.3) is 0 Å².